The van der Waals surface area contributed by atoms with E-state index in [-0.39, 0.29) is 18.3 Å². The van der Waals surface area contributed by atoms with Crippen molar-refractivity contribution in [3.8, 4) is 5.75 Å². The first-order chi connectivity index (χ1) is 9.49. The van der Waals surface area contributed by atoms with Crippen LogP contribution in [0.1, 0.15) is 16.7 Å². The highest BCUT2D eigenvalue weighted by Crippen LogP contribution is 2.24. The van der Waals surface area contributed by atoms with Crippen molar-refractivity contribution < 1.29 is 9.13 Å². The van der Waals surface area contributed by atoms with Crippen molar-refractivity contribution in [2.45, 2.75) is 13.5 Å². The van der Waals surface area contributed by atoms with Gasteiger partial charge in [0.15, 0.2) is 0 Å². The van der Waals surface area contributed by atoms with E-state index in [0.29, 0.717) is 15.8 Å². The second kappa shape index (κ2) is 6.05. The fourth-order valence-electron chi connectivity index (χ4n) is 1.74. The molecule has 0 saturated carbocycles. The molecule has 2 aromatic rings. The van der Waals surface area contributed by atoms with E-state index in [0.717, 1.165) is 11.1 Å². The topological polar surface area (TPSA) is 59.1 Å². The van der Waals surface area contributed by atoms with Gasteiger partial charge in [0.1, 0.15) is 24.0 Å². The highest BCUT2D eigenvalue weighted by molar-refractivity contribution is 9.10. The second-order valence-electron chi connectivity index (χ2n) is 4.40. The van der Waals surface area contributed by atoms with E-state index < -0.39 is 0 Å². The molecule has 0 atom stereocenters. The number of nitrogens with one attached hydrogen (secondary N) is 1. The molecule has 2 rings (SSSR count). The maximum atomic E-state index is 13.4. The summed E-state index contributed by atoms with van der Waals surface area (Å²) in [5.74, 6) is 0.302. The zero-order valence-electron chi connectivity index (χ0n) is 10.9. The van der Waals surface area contributed by atoms with Gasteiger partial charge in [-0.2, -0.15) is 0 Å². The van der Waals surface area contributed by atoms with E-state index in [1.54, 1.807) is 24.3 Å². The summed E-state index contributed by atoms with van der Waals surface area (Å²) in [7, 11) is 0. The lowest BCUT2D eigenvalue weighted by Crippen LogP contribution is -2.11. The molecule has 0 radical (unpaired) electrons. The Bertz CT molecular complexity index is 658. The molecule has 0 aliphatic rings. The molecular weight excluding hydrogens is 323 g/mol. The minimum atomic E-state index is -0.319. The minimum absolute atomic E-state index is 0.0122. The number of amidine groups is 1. The Labute approximate surface area is 125 Å². The van der Waals surface area contributed by atoms with Crippen LogP contribution in [0, 0.1) is 18.2 Å². The van der Waals surface area contributed by atoms with Crippen molar-refractivity contribution in [3.63, 3.8) is 0 Å². The summed E-state index contributed by atoms with van der Waals surface area (Å²) in [6.45, 7) is 2.14. The summed E-state index contributed by atoms with van der Waals surface area (Å²) in [6, 6.07) is 10.1. The molecule has 0 aromatic heterocycles. The SMILES string of the molecule is Cc1ccc(C(=N)N)cc1OCc1cccc(F)c1Br. The number of aryl methyl sites for hydroxylation is 1. The van der Waals surface area contributed by atoms with Gasteiger partial charge in [-0.05, 0) is 40.5 Å². The summed E-state index contributed by atoms with van der Waals surface area (Å²) < 4.78 is 19.5. The van der Waals surface area contributed by atoms with Crippen LogP contribution in [0.4, 0.5) is 4.39 Å². The number of ether oxygens (including phenoxy) is 1. The van der Waals surface area contributed by atoms with Crippen LogP contribution >= 0.6 is 15.9 Å². The van der Waals surface area contributed by atoms with Crippen LogP contribution in [-0.4, -0.2) is 5.84 Å². The molecule has 0 heterocycles. The number of rotatable bonds is 4. The Kier molecular flexibility index (Phi) is 4.39. The quantitative estimate of drug-likeness (QED) is 0.659. The largest absolute Gasteiger partial charge is 0.489 e. The van der Waals surface area contributed by atoms with Crippen molar-refractivity contribution >= 4 is 21.8 Å². The monoisotopic (exact) mass is 336 g/mol. The number of hydrogen-bond acceptors (Lipinski definition) is 2. The number of benzene rings is 2. The Balaban J connectivity index is 2.20. The average Bonchev–Trinajstić information content (AvgIpc) is 2.41. The van der Waals surface area contributed by atoms with Gasteiger partial charge < -0.3 is 10.5 Å². The van der Waals surface area contributed by atoms with Crippen LogP contribution < -0.4 is 10.5 Å². The minimum Gasteiger partial charge on any atom is -0.489 e. The van der Waals surface area contributed by atoms with Crippen molar-refractivity contribution in [1.82, 2.24) is 0 Å². The molecule has 0 amide bonds. The Morgan fingerprint density at radius 1 is 1.35 bits per heavy atom. The van der Waals surface area contributed by atoms with Gasteiger partial charge in [-0.3, -0.25) is 5.41 Å². The maximum absolute atomic E-state index is 13.4. The van der Waals surface area contributed by atoms with Crippen molar-refractivity contribution in [2.75, 3.05) is 0 Å². The summed E-state index contributed by atoms with van der Waals surface area (Å²) >= 11 is 3.20. The first kappa shape index (κ1) is 14.5. The highest BCUT2D eigenvalue weighted by Gasteiger charge is 2.08. The molecule has 2 aromatic carbocycles. The van der Waals surface area contributed by atoms with E-state index in [4.69, 9.17) is 15.9 Å². The predicted octanol–water partition coefficient (Wildman–Crippen LogP) is 3.76. The van der Waals surface area contributed by atoms with E-state index in [1.807, 2.05) is 13.0 Å². The van der Waals surface area contributed by atoms with E-state index in [2.05, 4.69) is 15.9 Å². The first-order valence-corrected chi connectivity index (χ1v) is 6.79. The smallest absolute Gasteiger partial charge is 0.137 e. The molecule has 0 bridgehead atoms. The third kappa shape index (κ3) is 3.17. The summed E-state index contributed by atoms with van der Waals surface area (Å²) in [6.07, 6.45) is 0. The molecule has 0 saturated heterocycles. The summed E-state index contributed by atoms with van der Waals surface area (Å²) in [4.78, 5) is 0. The lowest BCUT2D eigenvalue weighted by atomic mass is 10.1. The van der Waals surface area contributed by atoms with Crippen LogP contribution in [0.2, 0.25) is 0 Å². The van der Waals surface area contributed by atoms with Gasteiger partial charge >= 0.3 is 0 Å². The van der Waals surface area contributed by atoms with E-state index in [1.165, 1.54) is 6.07 Å². The average molecular weight is 337 g/mol. The van der Waals surface area contributed by atoms with Crippen LogP contribution in [-0.2, 0) is 6.61 Å². The third-order valence-corrected chi connectivity index (χ3v) is 3.80. The Morgan fingerprint density at radius 3 is 2.80 bits per heavy atom. The van der Waals surface area contributed by atoms with Crippen molar-refractivity contribution in [1.29, 1.82) is 5.41 Å². The number of hydrogen-bond donors (Lipinski definition) is 2. The van der Waals surface area contributed by atoms with Crippen LogP contribution in [0.15, 0.2) is 40.9 Å². The molecule has 0 fully saturated rings. The molecule has 0 aliphatic heterocycles. The van der Waals surface area contributed by atoms with E-state index >= 15 is 0 Å². The van der Waals surface area contributed by atoms with Crippen LogP contribution in [0.3, 0.4) is 0 Å². The van der Waals surface area contributed by atoms with Crippen LogP contribution in [0.25, 0.3) is 0 Å². The maximum Gasteiger partial charge on any atom is 0.137 e. The highest BCUT2D eigenvalue weighted by atomic mass is 79.9. The Hall–Kier alpha value is -1.88. The third-order valence-electron chi connectivity index (χ3n) is 2.91. The van der Waals surface area contributed by atoms with Crippen molar-refractivity contribution in [3.05, 3.63) is 63.4 Å². The lowest BCUT2D eigenvalue weighted by Gasteiger charge is -2.12. The molecule has 104 valence electrons. The molecule has 0 unspecified atom stereocenters. The van der Waals surface area contributed by atoms with Gasteiger partial charge in [0.2, 0.25) is 0 Å². The number of nitrogen functional groups attached to an aromatic ring is 1. The lowest BCUT2D eigenvalue weighted by molar-refractivity contribution is 0.302. The fourth-order valence-corrected chi connectivity index (χ4v) is 2.12. The first-order valence-electron chi connectivity index (χ1n) is 6.00. The van der Waals surface area contributed by atoms with Gasteiger partial charge in [0.25, 0.3) is 0 Å². The van der Waals surface area contributed by atoms with Gasteiger partial charge in [0, 0.05) is 11.1 Å². The zero-order chi connectivity index (χ0) is 14.7. The molecule has 5 heteroatoms. The van der Waals surface area contributed by atoms with Crippen molar-refractivity contribution in [2.24, 2.45) is 5.73 Å². The molecule has 3 nitrogen and oxygen atoms in total. The fraction of sp³-hybridized carbons (Fsp3) is 0.133. The molecule has 0 spiro atoms. The van der Waals surface area contributed by atoms with Gasteiger partial charge in [-0.1, -0.05) is 24.3 Å². The standard InChI is InChI=1S/C15H14BrFN2O/c1-9-5-6-10(15(18)19)7-13(9)20-8-11-3-2-4-12(17)14(11)16/h2-7H,8H2,1H3,(H3,18,19). The van der Waals surface area contributed by atoms with Gasteiger partial charge in [-0.15, -0.1) is 0 Å². The number of halogens is 2. The van der Waals surface area contributed by atoms with Gasteiger partial charge in [-0.25, -0.2) is 4.39 Å². The molecule has 0 aliphatic carbocycles. The molecule has 3 N–H and O–H groups in total. The van der Waals surface area contributed by atoms with Gasteiger partial charge in [0.05, 0.1) is 4.47 Å². The summed E-state index contributed by atoms with van der Waals surface area (Å²) in [5.41, 5.74) is 7.71. The van der Waals surface area contributed by atoms with Crippen LogP contribution in [0.5, 0.6) is 5.75 Å². The number of nitrogens with two attached hydrogens (primary N) is 1. The van der Waals surface area contributed by atoms with E-state index in [9.17, 15) is 4.39 Å². The second-order valence-corrected chi connectivity index (χ2v) is 5.19. The predicted molar refractivity (Wildman–Crippen MR) is 80.6 cm³/mol. The zero-order valence-corrected chi connectivity index (χ0v) is 12.5. The molecule has 20 heavy (non-hydrogen) atoms. The Morgan fingerprint density at radius 2 is 2.10 bits per heavy atom. The summed E-state index contributed by atoms with van der Waals surface area (Å²) in [5, 5.41) is 7.43. The normalized spacial score (nSPS) is 10.3. The molecular formula is C15H14BrFN2O.